The van der Waals surface area contributed by atoms with Crippen LogP contribution < -0.4 is 10.1 Å². The number of nitrogens with one attached hydrogen (secondary N) is 1. The molecule has 0 radical (unpaired) electrons. The Balaban J connectivity index is 2.18. The lowest BCUT2D eigenvalue weighted by atomic mass is 10.2. The van der Waals surface area contributed by atoms with E-state index in [0.29, 0.717) is 22.3 Å². The molecule has 112 valence electrons. The molecule has 0 unspecified atom stereocenters. The molecule has 0 aliphatic rings. The van der Waals surface area contributed by atoms with Gasteiger partial charge in [-0.15, -0.1) is 11.3 Å². The van der Waals surface area contributed by atoms with Crippen LogP contribution in [0.3, 0.4) is 0 Å². The number of halogens is 1. The first-order chi connectivity index (χ1) is 9.99. The second kappa shape index (κ2) is 6.78. The molecule has 0 saturated carbocycles. The van der Waals surface area contributed by atoms with E-state index in [1.807, 2.05) is 6.92 Å². The molecular weight excluding hydrogens is 312 g/mol. The molecule has 1 aromatic carbocycles. The Morgan fingerprint density at radius 1 is 1.52 bits per heavy atom. The molecule has 2 rings (SSSR count). The Kier molecular flexibility index (Phi) is 5.03. The Morgan fingerprint density at radius 3 is 2.95 bits per heavy atom. The number of hydrogen-bond acceptors (Lipinski definition) is 5. The van der Waals surface area contributed by atoms with Crippen molar-refractivity contribution in [2.45, 2.75) is 19.8 Å². The number of carboxylic acid groups (broad SMARTS) is 1. The van der Waals surface area contributed by atoms with Gasteiger partial charge in [-0.1, -0.05) is 11.6 Å². The predicted molar refractivity (Wildman–Crippen MR) is 84.1 cm³/mol. The molecule has 1 aromatic heterocycles. The van der Waals surface area contributed by atoms with Gasteiger partial charge >= 0.3 is 5.97 Å². The van der Waals surface area contributed by atoms with E-state index in [1.54, 1.807) is 25.3 Å². The normalized spacial score (nSPS) is 10.4. The van der Waals surface area contributed by atoms with Gasteiger partial charge in [0.1, 0.15) is 5.75 Å². The first kappa shape index (κ1) is 15.6. The molecule has 0 amide bonds. The Hall–Kier alpha value is -1.79. The summed E-state index contributed by atoms with van der Waals surface area (Å²) in [6.45, 7) is 1.87. The van der Waals surface area contributed by atoms with Crippen molar-refractivity contribution >= 4 is 39.7 Å². The first-order valence-corrected chi connectivity index (χ1v) is 7.47. The van der Waals surface area contributed by atoms with Crippen molar-refractivity contribution in [2.75, 3.05) is 12.4 Å². The maximum absolute atomic E-state index is 10.6. The van der Waals surface area contributed by atoms with Gasteiger partial charge in [-0.25, -0.2) is 4.98 Å². The van der Waals surface area contributed by atoms with Crippen molar-refractivity contribution < 1.29 is 14.6 Å². The molecule has 2 aromatic rings. The lowest BCUT2D eigenvalue weighted by molar-refractivity contribution is -0.136. The highest BCUT2D eigenvalue weighted by molar-refractivity contribution is 7.15. The zero-order valence-corrected chi connectivity index (χ0v) is 13.2. The van der Waals surface area contributed by atoms with Gasteiger partial charge in [-0.3, -0.25) is 4.79 Å². The summed E-state index contributed by atoms with van der Waals surface area (Å²) in [4.78, 5) is 16.0. The smallest absolute Gasteiger partial charge is 0.303 e. The summed E-state index contributed by atoms with van der Waals surface area (Å²) in [5, 5.41) is 13.2. The van der Waals surface area contributed by atoms with Crippen molar-refractivity contribution in [3.8, 4) is 5.75 Å². The van der Waals surface area contributed by atoms with E-state index in [2.05, 4.69) is 10.3 Å². The number of benzene rings is 1. The maximum Gasteiger partial charge on any atom is 0.303 e. The second-order valence-corrected chi connectivity index (χ2v) is 5.91. The van der Waals surface area contributed by atoms with Gasteiger partial charge in [-0.2, -0.15) is 0 Å². The minimum Gasteiger partial charge on any atom is -0.495 e. The third-order valence-electron chi connectivity index (χ3n) is 2.86. The molecule has 1 heterocycles. The van der Waals surface area contributed by atoms with Crippen LogP contribution in [0.25, 0.3) is 0 Å². The summed E-state index contributed by atoms with van der Waals surface area (Å²) in [5.41, 5.74) is 1.56. The third-order valence-corrected chi connectivity index (χ3v) is 4.23. The third kappa shape index (κ3) is 4.09. The van der Waals surface area contributed by atoms with Gasteiger partial charge < -0.3 is 15.2 Å². The molecule has 5 nitrogen and oxygen atoms in total. The van der Waals surface area contributed by atoms with Crippen molar-refractivity contribution in [2.24, 2.45) is 0 Å². The minimum atomic E-state index is -0.811. The number of hydrogen-bond donors (Lipinski definition) is 2. The number of aliphatic carboxylic acids is 1. The number of thiazole rings is 1. The van der Waals surface area contributed by atoms with Gasteiger partial charge in [0.05, 0.1) is 24.9 Å². The summed E-state index contributed by atoms with van der Waals surface area (Å²) in [6.07, 6.45) is 0.580. The van der Waals surface area contributed by atoms with Gasteiger partial charge in [-0.05, 0) is 31.5 Å². The Labute approximate surface area is 131 Å². The fourth-order valence-corrected chi connectivity index (χ4v) is 2.97. The van der Waals surface area contributed by atoms with E-state index in [9.17, 15) is 4.79 Å². The van der Waals surface area contributed by atoms with Crippen LogP contribution in [0.1, 0.15) is 17.0 Å². The fraction of sp³-hybridized carbons (Fsp3) is 0.286. The highest BCUT2D eigenvalue weighted by atomic mass is 35.5. The topological polar surface area (TPSA) is 71.5 Å². The Bertz CT molecular complexity index is 658. The van der Waals surface area contributed by atoms with Crippen LogP contribution in [-0.2, 0) is 11.2 Å². The lowest BCUT2D eigenvalue weighted by Crippen LogP contribution is -1.96. The molecular formula is C14H15ClN2O3S. The van der Waals surface area contributed by atoms with E-state index in [-0.39, 0.29) is 6.42 Å². The molecule has 7 heteroatoms. The fourth-order valence-electron chi connectivity index (χ4n) is 1.83. The summed E-state index contributed by atoms with van der Waals surface area (Å²) >= 11 is 7.42. The van der Waals surface area contributed by atoms with Crippen LogP contribution in [0, 0.1) is 6.92 Å². The van der Waals surface area contributed by atoms with Crippen molar-refractivity contribution in [3.05, 3.63) is 33.8 Å². The molecule has 0 spiro atoms. The summed E-state index contributed by atoms with van der Waals surface area (Å²) in [7, 11) is 1.58. The van der Waals surface area contributed by atoms with E-state index in [1.165, 1.54) is 11.3 Å². The zero-order valence-electron chi connectivity index (χ0n) is 11.6. The Morgan fingerprint density at radius 2 is 2.29 bits per heavy atom. The van der Waals surface area contributed by atoms with Crippen LogP contribution in [0.5, 0.6) is 5.75 Å². The molecule has 0 aliphatic heterocycles. The SMILES string of the molecule is COc1ccc(Cl)cc1Nc1nc(C)c(CCC(=O)O)s1. The molecule has 2 N–H and O–H groups in total. The highest BCUT2D eigenvalue weighted by Gasteiger charge is 2.11. The number of ether oxygens (including phenoxy) is 1. The second-order valence-electron chi connectivity index (χ2n) is 4.39. The number of aromatic nitrogens is 1. The number of carboxylic acids is 1. The van der Waals surface area contributed by atoms with Gasteiger partial charge in [0.2, 0.25) is 0 Å². The monoisotopic (exact) mass is 326 g/mol. The number of methoxy groups -OCH3 is 1. The highest BCUT2D eigenvalue weighted by Crippen LogP contribution is 2.33. The largest absolute Gasteiger partial charge is 0.495 e. The van der Waals surface area contributed by atoms with E-state index >= 15 is 0 Å². The maximum atomic E-state index is 10.6. The van der Waals surface area contributed by atoms with Crippen molar-refractivity contribution in [3.63, 3.8) is 0 Å². The summed E-state index contributed by atoms with van der Waals surface area (Å²) in [5.74, 6) is -0.145. The first-order valence-electron chi connectivity index (χ1n) is 6.28. The standard InChI is InChI=1S/C14H15ClN2O3S/c1-8-12(5-6-13(18)19)21-14(16-8)17-10-7-9(15)3-4-11(10)20-2/h3-4,7H,5-6H2,1-2H3,(H,16,17)(H,18,19). The van der Waals surface area contributed by atoms with Crippen molar-refractivity contribution in [1.29, 1.82) is 0 Å². The van der Waals surface area contributed by atoms with E-state index in [4.69, 9.17) is 21.4 Å². The lowest BCUT2D eigenvalue weighted by Gasteiger charge is -2.09. The van der Waals surface area contributed by atoms with Gasteiger partial charge in [0, 0.05) is 9.90 Å². The number of rotatable bonds is 6. The zero-order chi connectivity index (χ0) is 15.4. The molecule has 0 atom stereocenters. The molecule has 21 heavy (non-hydrogen) atoms. The quantitative estimate of drug-likeness (QED) is 0.843. The average Bonchev–Trinajstić information content (AvgIpc) is 2.77. The van der Waals surface area contributed by atoms with Gasteiger partial charge in [0.15, 0.2) is 5.13 Å². The molecule has 0 fully saturated rings. The van der Waals surface area contributed by atoms with E-state index < -0.39 is 5.97 Å². The van der Waals surface area contributed by atoms with E-state index in [0.717, 1.165) is 16.3 Å². The van der Waals surface area contributed by atoms with Crippen LogP contribution in [0.2, 0.25) is 5.02 Å². The number of aryl methyl sites for hydroxylation is 2. The number of carbonyl (C=O) groups is 1. The molecule has 0 saturated heterocycles. The minimum absolute atomic E-state index is 0.100. The van der Waals surface area contributed by atoms with Crippen LogP contribution in [0.4, 0.5) is 10.8 Å². The summed E-state index contributed by atoms with van der Waals surface area (Å²) in [6, 6.07) is 5.28. The van der Waals surface area contributed by atoms with Gasteiger partial charge in [0.25, 0.3) is 0 Å². The summed E-state index contributed by atoms with van der Waals surface area (Å²) < 4.78 is 5.27. The van der Waals surface area contributed by atoms with Crippen LogP contribution >= 0.6 is 22.9 Å². The average molecular weight is 327 g/mol. The molecule has 0 aliphatic carbocycles. The number of anilines is 2. The van der Waals surface area contributed by atoms with Crippen LogP contribution in [-0.4, -0.2) is 23.2 Å². The molecule has 0 bridgehead atoms. The van der Waals surface area contributed by atoms with Crippen LogP contribution in [0.15, 0.2) is 18.2 Å². The predicted octanol–water partition coefficient (Wildman–Crippen LogP) is 3.87. The van der Waals surface area contributed by atoms with Crippen molar-refractivity contribution in [1.82, 2.24) is 4.98 Å². The number of nitrogens with zero attached hydrogens (tertiary/aromatic N) is 1.